The van der Waals surface area contributed by atoms with E-state index < -0.39 is 11.6 Å². The van der Waals surface area contributed by atoms with Crippen LogP contribution in [0.15, 0.2) is 61.4 Å². The van der Waals surface area contributed by atoms with Crippen LogP contribution in [0.5, 0.6) is 5.75 Å². The van der Waals surface area contributed by atoms with E-state index in [-0.39, 0.29) is 22.4 Å². The normalized spacial score (nSPS) is 15.5. The molecule has 4 heterocycles. The number of nitrogens with zero attached hydrogens (tertiary/aromatic N) is 4. The van der Waals surface area contributed by atoms with E-state index in [0.29, 0.717) is 33.7 Å². The summed E-state index contributed by atoms with van der Waals surface area (Å²) in [7, 11) is 0. The molecule has 188 valence electrons. The van der Waals surface area contributed by atoms with Crippen molar-refractivity contribution in [3.63, 3.8) is 0 Å². The van der Waals surface area contributed by atoms with Crippen LogP contribution in [0.2, 0.25) is 5.02 Å². The lowest BCUT2D eigenvalue weighted by Gasteiger charge is -2.31. The topological polar surface area (TPSA) is 117 Å². The number of allylic oxidation sites excluding steroid dienone is 1. The molecule has 0 spiro atoms. The molecule has 10 heteroatoms. The number of nitrogens with two attached hydrogens (primary N) is 1. The largest absolute Gasteiger partial charge is 0.504 e. The van der Waals surface area contributed by atoms with Gasteiger partial charge >= 0.3 is 0 Å². The average molecular weight is 519 g/mol. The molecule has 0 radical (unpaired) electrons. The molecule has 1 saturated heterocycles. The molecule has 1 aliphatic heterocycles. The Labute approximate surface area is 217 Å². The number of benzene rings is 1. The van der Waals surface area contributed by atoms with Gasteiger partial charge in [0.1, 0.15) is 11.3 Å². The van der Waals surface area contributed by atoms with Gasteiger partial charge in [-0.25, -0.2) is 14.4 Å². The van der Waals surface area contributed by atoms with Gasteiger partial charge in [0.2, 0.25) is 0 Å². The second-order valence-corrected chi connectivity index (χ2v) is 9.25. The second-order valence-electron chi connectivity index (χ2n) is 8.85. The van der Waals surface area contributed by atoms with Crippen molar-refractivity contribution >= 4 is 45.6 Å². The van der Waals surface area contributed by atoms with E-state index in [0.717, 1.165) is 37.8 Å². The predicted octanol–water partition coefficient (Wildman–Crippen LogP) is 5.23. The summed E-state index contributed by atoms with van der Waals surface area (Å²) in [4.78, 5) is 28.5. The molecule has 5 rings (SSSR count). The minimum atomic E-state index is -0.864. The first-order valence-electron chi connectivity index (χ1n) is 11.7. The van der Waals surface area contributed by atoms with E-state index >= 15 is 0 Å². The summed E-state index contributed by atoms with van der Waals surface area (Å²) in [5.41, 5.74) is 9.09. The maximum Gasteiger partial charge on any atom is 0.188 e. The summed E-state index contributed by atoms with van der Waals surface area (Å²) in [5.74, 6) is -1.00. The van der Waals surface area contributed by atoms with Crippen molar-refractivity contribution in [1.82, 2.24) is 15.0 Å². The molecule has 0 unspecified atom stereocenters. The van der Waals surface area contributed by atoms with Gasteiger partial charge in [-0.2, -0.15) is 0 Å². The van der Waals surface area contributed by atoms with Crippen LogP contribution in [-0.4, -0.2) is 45.0 Å². The van der Waals surface area contributed by atoms with Gasteiger partial charge in [0.25, 0.3) is 0 Å². The number of carbonyl (C=O) groups excluding carboxylic acids is 1. The smallest absolute Gasteiger partial charge is 0.188 e. The van der Waals surface area contributed by atoms with Crippen LogP contribution in [0.3, 0.4) is 0 Å². The molecule has 0 amide bonds. The van der Waals surface area contributed by atoms with Crippen molar-refractivity contribution in [3.05, 3.63) is 77.9 Å². The number of fused-ring (bicyclic) bond motifs is 1. The highest BCUT2D eigenvalue weighted by molar-refractivity contribution is 6.32. The maximum atomic E-state index is 14.2. The lowest BCUT2D eigenvalue weighted by Crippen LogP contribution is -2.43. The number of hydrogen-bond acceptors (Lipinski definition) is 8. The Balaban J connectivity index is 1.56. The molecule has 0 bridgehead atoms. The molecule has 4 N–H and O–H groups in total. The molecular formula is C27H24ClFN6O2. The molecular weight excluding hydrogens is 495 g/mol. The zero-order valence-corrected chi connectivity index (χ0v) is 20.5. The van der Waals surface area contributed by atoms with Crippen LogP contribution >= 0.6 is 11.6 Å². The van der Waals surface area contributed by atoms with Crippen LogP contribution in [0.25, 0.3) is 22.3 Å². The first-order valence-corrected chi connectivity index (χ1v) is 12.1. The summed E-state index contributed by atoms with van der Waals surface area (Å²) in [5, 5.41) is 12.8. The summed E-state index contributed by atoms with van der Waals surface area (Å²) in [6.45, 7) is 5.24. The quantitative estimate of drug-likeness (QED) is 0.234. The summed E-state index contributed by atoms with van der Waals surface area (Å²) in [6.07, 6.45) is 6.37. The first kappa shape index (κ1) is 24.6. The number of carbonyl (C=O) groups is 1. The molecule has 1 aliphatic rings. The number of piperidine rings is 1. The number of aromatic nitrogens is 3. The number of phenolic OH excluding ortho intramolecular Hbond substituents is 1. The number of ketones is 1. The van der Waals surface area contributed by atoms with Crippen LogP contribution in [0.4, 0.5) is 21.6 Å². The van der Waals surface area contributed by atoms with Crippen LogP contribution in [-0.2, 0) is 0 Å². The summed E-state index contributed by atoms with van der Waals surface area (Å²) < 4.78 is 14.2. The fraction of sp³-hybridized carbons (Fsp3) is 0.185. The average Bonchev–Trinajstić information content (AvgIpc) is 2.91. The van der Waals surface area contributed by atoms with Crippen molar-refractivity contribution in [2.75, 3.05) is 23.3 Å². The van der Waals surface area contributed by atoms with Gasteiger partial charge in [-0.1, -0.05) is 18.2 Å². The van der Waals surface area contributed by atoms with E-state index in [1.165, 1.54) is 18.3 Å². The molecule has 3 aromatic heterocycles. The summed E-state index contributed by atoms with van der Waals surface area (Å²) >= 11 is 5.97. The van der Waals surface area contributed by atoms with Gasteiger partial charge in [-0.3, -0.25) is 9.78 Å². The third kappa shape index (κ3) is 4.96. The van der Waals surface area contributed by atoms with Crippen molar-refractivity contribution in [3.8, 4) is 17.0 Å². The minimum Gasteiger partial charge on any atom is -0.504 e. The number of phenols is 1. The zero-order valence-electron chi connectivity index (χ0n) is 19.8. The van der Waals surface area contributed by atoms with E-state index in [1.54, 1.807) is 18.3 Å². The van der Waals surface area contributed by atoms with Gasteiger partial charge in [0, 0.05) is 30.9 Å². The Kier molecular flexibility index (Phi) is 6.73. The lowest BCUT2D eigenvalue weighted by molar-refractivity contribution is 0.104. The Morgan fingerprint density at radius 2 is 2.08 bits per heavy atom. The highest BCUT2D eigenvalue weighted by atomic mass is 35.5. The van der Waals surface area contributed by atoms with Crippen molar-refractivity contribution < 1.29 is 14.3 Å². The number of anilines is 3. The lowest BCUT2D eigenvalue weighted by atomic mass is 10.1. The molecule has 1 fully saturated rings. The minimum absolute atomic E-state index is 0.126. The summed E-state index contributed by atoms with van der Waals surface area (Å²) in [6, 6.07) is 9.84. The SMILES string of the molecule is C=CC(=O)c1cnc2ccc(-c3cc(F)c(O)c(Cl)c3)nc2c1Nc1ccc(N2CCC[C@H](N)C2)nc1. The zero-order chi connectivity index (χ0) is 26.1. The molecule has 1 atom stereocenters. The third-order valence-electron chi connectivity index (χ3n) is 6.28. The fourth-order valence-corrected chi connectivity index (χ4v) is 4.58. The number of nitrogens with one attached hydrogen (secondary N) is 1. The van der Waals surface area contributed by atoms with Crippen LogP contribution in [0.1, 0.15) is 23.2 Å². The molecule has 4 aromatic rings. The predicted molar refractivity (Wildman–Crippen MR) is 143 cm³/mol. The van der Waals surface area contributed by atoms with E-state index in [9.17, 15) is 14.3 Å². The van der Waals surface area contributed by atoms with E-state index in [2.05, 4.69) is 31.7 Å². The van der Waals surface area contributed by atoms with E-state index in [4.69, 9.17) is 17.3 Å². The van der Waals surface area contributed by atoms with Gasteiger partial charge in [-0.05, 0) is 55.3 Å². The maximum absolute atomic E-state index is 14.2. The molecule has 37 heavy (non-hydrogen) atoms. The van der Waals surface area contributed by atoms with Gasteiger partial charge < -0.3 is 21.1 Å². The first-order chi connectivity index (χ1) is 17.8. The molecule has 8 nitrogen and oxygen atoms in total. The number of pyridine rings is 3. The Morgan fingerprint density at radius 1 is 1.24 bits per heavy atom. The monoisotopic (exact) mass is 518 g/mol. The standard InChI is InChI=1S/C27H24ClFN6O2/c1-2-23(36)18-13-31-22-7-6-21(15-10-19(28)27(37)20(29)11-15)34-26(22)25(18)33-17-5-8-24(32-12-17)35-9-3-4-16(30)14-35/h2,5-8,10-13,16,37H,1,3-4,9,14,30H2,(H,31,33)/t16-/m0/s1. The number of rotatable bonds is 6. The van der Waals surface area contributed by atoms with Crippen molar-refractivity contribution in [2.45, 2.75) is 18.9 Å². The molecule has 0 saturated carbocycles. The van der Waals surface area contributed by atoms with Crippen molar-refractivity contribution in [1.29, 1.82) is 0 Å². The van der Waals surface area contributed by atoms with Crippen LogP contribution < -0.4 is 16.0 Å². The number of aromatic hydroxyl groups is 1. The van der Waals surface area contributed by atoms with Gasteiger partial charge in [0.05, 0.1) is 39.4 Å². The fourth-order valence-electron chi connectivity index (χ4n) is 4.37. The Bertz CT molecular complexity index is 1490. The van der Waals surface area contributed by atoms with Crippen LogP contribution in [0, 0.1) is 5.82 Å². The van der Waals surface area contributed by atoms with Crippen molar-refractivity contribution in [2.24, 2.45) is 5.73 Å². The number of hydrogen-bond donors (Lipinski definition) is 3. The Morgan fingerprint density at radius 3 is 2.78 bits per heavy atom. The molecule has 1 aromatic carbocycles. The van der Waals surface area contributed by atoms with Gasteiger partial charge in [0.15, 0.2) is 17.3 Å². The van der Waals surface area contributed by atoms with Gasteiger partial charge in [-0.15, -0.1) is 0 Å². The van der Waals surface area contributed by atoms with E-state index in [1.807, 2.05) is 12.1 Å². The Hall–Kier alpha value is -4.08. The second kappa shape index (κ2) is 10.1. The number of halogens is 2. The molecule has 0 aliphatic carbocycles. The highest BCUT2D eigenvalue weighted by Gasteiger charge is 2.19. The highest BCUT2D eigenvalue weighted by Crippen LogP contribution is 2.34. The third-order valence-corrected chi connectivity index (χ3v) is 6.56.